The average molecular weight is 833 g/mol. The number of hydrogen-bond acceptors (Lipinski definition) is 3. The van der Waals surface area contributed by atoms with Gasteiger partial charge in [0.2, 0.25) is 0 Å². The predicted octanol–water partition coefficient (Wildman–Crippen LogP) is 13.0. The van der Waals surface area contributed by atoms with Crippen molar-refractivity contribution in [3.05, 3.63) is 180 Å². The summed E-state index contributed by atoms with van der Waals surface area (Å²) >= 11 is 0. The van der Waals surface area contributed by atoms with E-state index in [2.05, 4.69) is 186 Å². The van der Waals surface area contributed by atoms with E-state index in [0.29, 0.717) is 11.5 Å². The minimum absolute atomic E-state index is 0. The fourth-order valence-corrected chi connectivity index (χ4v) is 7.84. The molecule has 0 aliphatic heterocycles. The molecule has 57 heavy (non-hydrogen) atoms. The molecular weight excluding hydrogens is 791 g/mol. The number of rotatable bonds is 7. The molecule has 0 bridgehead atoms. The summed E-state index contributed by atoms with van der Waals surface area (Å²) in [4.78, 5) is 4.75. The molecule has 9 rings (SSSR count). The number of aromatic nitrogens is 4. The summed E-state index contributed by atoms with van der Waals surface area (Å²) in [7, 11) is 0. The van der Waals surface area contributed by atoms with E-state index in [1.165, 1.54) is 11.1 Å². The predicted molar refractivity (Wildman–Crippen MR) is 229 cm³/mol. The Bertz CT molecular complexity index is 2840. The van der Waals surface area contributed by atoms with E-state index >= 15 is 0 Å². The van der Waals surface area contributed by atoms with Crippen LogP contribution in [0.1, 0.15) is 43.3 Å². The van der Waals surface area contributed by atoms with Crippen LogP contribution in [0.4, 0.5) is 0 Å². The van der Waals surface area contributed by atoms with Crippen molar-refractivity contribution >= 4 is 21.8 Å². The van der Waals surface area contributed by atoms with Gasteiger partial charge in [0.15, 0.2) is 0 Å². The number of benzene rings is 6. The van der Waals surface area contributed by atoms with Gasteiger partial charge in [0.25, 0.3) is 0 Å². The smallest absolute Gasteiger partial charge is 0.509 e. The van der Waals surface area contributed by atoms with Crippen LogP contribution in [-0.4, -0.2) is 19.3 Å². The van der Waals surface area contributed by atoms with Gasteiger partial charge in [0.05, 0.1) is 5.69 Å². The average Bonchev–Trinajstić information content (AvgIpc) is 3.70. The first-order chi connectivity index (χ1) is 27.1. The van der Waals surface area contributed by atoms with Crippen molar-refractivity contribution in [3.63, 3.8) is 0 Å². The van der Waals surface area contributed by atoms with Gasteiger partial charge in [0.1, 0.15) is 5.82 Å². The second-order valence-corrected chi connectivity index (χ2v) is 15.5. The first-order valence-corrected chi connectivity index (χ1v) is 19.1. The Morgan fingerprint density at radius 3 is 1.95 bits per heavy atom. The molecule has 0 saturated carbocycles. The Morgan fingerprint density at radius 1 is 0.614 bits per heavy atom. The van der Waals surface area contributed by atoms with Crippen LogP contribution in [0, 0.1) is 32.9 Å². The summed E-state index contributed by atoms with van der Waals surface area (Å²) in [5, 5.41) is 7.46. The maximum absolute atomic E-state index is 6.72. The summed E-state index contributed by atoms with van der Waals surface area (Å²) in [6.45, 7) is 13.0. The number of hydrogen-bond donors (Lipinski definition) is 0. The Balaban J connectivity index is 0.00000455. The van der Waals surface area contributed by atoms with Crippen LogP contribution < -0.4 is 4.74 Å². The summed E-state index contributed by atoms with van der Waals surface area (Å²) in [6, 6.07) is 56.0. The molecule has 6 heteroatoms. The van der Waals surface area contributed by atoms with Crippen LogP contribution >= 0.6 is 0 Å². The monoisotopic (exact) mass is 832 g/mol. The van der Waals surface area contributed by atoms with E-state index < -0.39 is 0 Å². The zero-order valence-corrected chi connectivity index (χ0v) is 34.4. The SMILES string of the molecule is Cc1ccnc(-n2c3[c-]c(Oc4[c-]c(-n5nc(C)c(-c6c(-c7ccccc7)cccc6-c6ccccc6)c5C)cc(C(C)(C)C)c4)ccc3c3ccccc32)c1.[Pd+2]. The molecule has 0 aliphatic rings. The molecule has 282 valence electrons. The van der Waals surface area contributed by atoms with Crippen LogP contribution in [0.15, 0.2) is 146 Å². The number of pyridine rings is 1. The third-order valence-corrected chi connectivity index (χ3v) is 10.6. The van der Waals surface area contributed by atoms with Crippen molar-refractivity contribution < 1.29 is 25.2 Å². The van der Waals surface area contributed by atoms with Crippen LogP contribution in [0.5, 0.6) is 11.5 Å². The number of aryl methyl sites for hydroxylation is 2. The Morgan fingerprint density at radius 2 is 1.28 bits per heavy atom. The number of ether oxygens (including phenoxy) is 1. The molecule has 0 aliphatic carbocycles. The summed E-state index contributed by atoms with van der Waals surface area (Å²) in [6.07, 6.45) is 1.85. The molecule has 0 N–H and O–H groups in total. The molecule has 5 nitrogen and oxygen atoms in total. The van der Waals surface area contributed by atoms with E-state index in [-0.39, 0.29) is 25.8 Å². The standard InChI is InChI=1S/C51H42N4O.Pd/c1-33-26-27-52-48(28-33)54-46-23-14-13-20-44(46)45-25-24-40(32-47(45)54)56-41-30-38(51(4,5)6)29-39(31-41)55-35(3)49(34(2)53-55)50-42(36-16-9-7-10-17-36)21-15-22-43(50)37-18-11-8-12-19-37;/h7-30H,1-6H3;/q-2;+2. The van der Waals surface area contributed by atoms with Gasteiger partial charge in [-0.15, -0.1) is 41.3 Å². The molecule has 0 spiro atoms. The summed E-state index contributed by atoms with van der Waals surface area (Å²) in [5.74, 6) is 2.04. The quantitative estimate of drug-likeness (QED) is 0.119. The van der Waals surface area contributed by atoms with Crippen molar-refractivity contribution in [2.45, 2.75) is 47.0 Å². The molecule has 3 aromatic heterocycles. The molecule has 0 radical (unpaired) electrons. The number of fused-ring (bicyclic) bond motifs is 3. The molecule has 0 saturated heterocycles. The van der Waals surface area contributed by atoms with Gasteiger partial charge in [0, 0.05) is 40.0 Å². The summed E-state index contributed by atoms with van der Waals surface area (Å²) in [5.41, 5.74) is 13.8. The van der Waals surface area contributed by atoms with E-state index in [9.17, 15) is 0 Å². The third kappa shape index (κ3) is 7.01. The maximum atomic E-state index is 6.72. The van der Waals surface area contributed by atoms with E-state index in [1.54, 1.807) is 0 Å². The second-order valence-electron chi connectivity index (χ2n) is 15.5. The molecule has 0 fully saturated rings. The number of para-hydroxylation sites is 1. The normalized spacial score (nSPS) is 11.5. The molecule has 0 atom stereocenters. The van der Waals surface area contributed by atoms with Crippen molar-refractivity contribution in [1.29, 1.82) is 0 Å². The largest absolute Gasteiger partial charge is 2.00 e. The first kappa shape index (κ1) is 37.8. The van der Waals surface area contributed by atoms with Gasteiger partial charge in [-0.1, -0.05) is 123 Å². The van der Waals surface area contributed by atoms with Gasteiger partial charge in [-0.05, 0) is 83.3 Å². The van der Waals surface area contributed by atoms with Crippen LogP contribution in [0.25, 0.3) is 66.7 Å². The Kier molecular flexibility index (Phi) is 10.0. The molecular formula is C51H42N4OPd. The Hall–Kier alpha value is -6.06. The zero-order valence-electron chi connectivity index (χ0n) is 32.9. The van der Waals surface area contributed by atoms with E-state index in [4.69, 9.17) is 14.8 Å². The molecule has 0 unspecified atom stereocenters. The minimum Gasteiger partial charge on any atom is -0.509 e. The van der Waals surface area contributed by atoms with Crippen molar-refractivity contribution in [1.82, 2.24) is 19.3 Å². The molecule has 9 aromatic rings. The zero-order chi connectivity index (χ0) is 38.6. The Labute approximate surface area is 348 Å². The fraction of sp³-hybridized carbons (Fsp3) is 0.137. The van der Waals surface area contributed by atoms with Crippen molar-refractivity contribution in [3.8, 4) is 56.4 Å². The maximum Gasteiger partial charge on any atom is 2.00 e. The summed E-state index contributed by atoms with van der Waals surface area (Å²) < 4.78 is 10.9. The van der Waals surface area contributed by atoms with Crippen molar-refractivity contribution in [2.75, 3.05) is 0 Å². The van der Waals surface area contributed by atoms with Crippen molar-refractivity contribution in [2.24, 2.45) is 0 Å². The number of nitrogens with zero attached hydrogens (tertiary/aromatic N) is 4. The fourth-order valence-electron chi connectivity index (χ4n) is 7.84. The van der Waals surface area contributed by atoms with E-state index in [1.807, 2.05) is 23.0 Å². The van der Waals surface area contributed by atoms with Gasteiger partial charge < -0.3 is 9.30 Å². The minimum atomic E-state index is -0.168. The van der Waals surface area contributed by atoms with Gasteiger partial charge >= 0.3 is 20.4 Å². The molecule has 0 amide bonds. The van der Waals surface area contributed by atoms with E-state index in [0.717, 1.165) is 78.1 Å². The molecule has 3 heterocycles. The first-order valence-electron chi connectivity index (χ1n) is 19.1. The molecule has 6 aromatic carbocycles. The second kappa shape index (κ2) is 15.1. The van der Waals surface area contributed by atoms with Crippen LogP contribution in [-0.2, 0) is 25.8 Å². The van der Waals surface area contributed by atoms with Gasteiger partial charge in [-0.2, -0.15) is 11.2 Å². The topological polar surface area (TPSA) is 44.9 Å². The van der Waals surface area contributed by atoms with Crippen LogP contribution in [0.2, 0.25) is 0 Å². The van der Waals surface area contributed by atoms with Crippen LogP contribution in [0.3, 0.4) is 0 Å². The third-order valence-electron chi connectivity index (χ3n) is 10.6. The van der Waals surface area contributed by atoms with Gasteiger partial charge in [-0.3, -0.25) is 4.68 Å². The van der Waals surface area contributed by atoms with Gasteiger partial charge in [-0.25, -0.2) is 4.98 Å².